The van der Waals surface area contributed by atoms with Gasteiger partial charge in [0, 0.05) is 6.42 Å². The molecule has 2 atom stereocenters. The number of nitrogens with two attached hydrogens (primary N) is 1. The standard InChI is InChI=1S/C18H26N4O5/c1-11(2)16(19)18(27)20-9-14(23)22-13(17(26)21-10-15(24)25)8-12-6-4-3-5-7-12/h3-7,11,13,16H,8-10,19H2,1-2H3,(H,20,27)(H,21,26)(H,22,23)(H,24,25). The van der Waals surface area contributed by atoms with Crippen LogP contribution in [0.1, 0.15) is 19.4 Å². The van der Waals surface area contributed by atoms with Crippen molar-refractivity contribution in [3.05, 3.63) is 35.9 Å². The van der Waals surface area contributed by atoms with E-state index in [1.54, 1.807) is 38.1 Å². The zero-order valence-corrected chi connectivity index (χ0v) is 15.4. The quantitative estimate of drug-likeness (QED) is 0.353. The van der Waals surface area contributed by atoms with Crippen LogP contribution in [0.25, 0.3) is 0 Å². The lowest BCUT2D eigenvalue weighted by Crippen LogP contribution is -2.52. The summed E-state index contributed by atoms with van der Waals surface area (Å²) in [5.41, 5.74) is 6.49. The first-order valence-corrected chi connectivity index (χ1v) is 8.56. The van der Waals surface area contributed by atoms with Gasteiger partial charge in [-0.15, -0.1) is 0 Å². The Balaban J connectivity index is 2.68. The zero-order chi connectivity index (χ0) is 20.4. The van der Waals surface area contributed by atoms with Gasteiger partial charge in [0.25, 0.3) is 0 Å². The van der Waals surface area contributed by atoms with Gasteiger partial charge >= 0.3 is 5.97 Å². The molecular formula is C18H26N4O5. The Morgan fingerprint density at radius 2 is 1.59 bits per heavy atom. The Bertz CT molecular complexity index is 663. The summed E-state index contributed by atoms with van der Waals surface area (Å²) in [6.07, 6.45) is 0.178. The van der Waals surface area contributed by atoms with E-state index in [9.17, 15) is 19.2 Å². The molecule has 0 aliphatic heterocycles. The molecule has 1 rings (SSSR count). The van der Waals surface area contributed by atoms with Gasteiger partial charge in [0.1, 0.15) is 12.6 Å². The van der Waals surface area contributed by atoms with Crippen molar-refractivity contribution in [2.75, 3.05) is 13.1 Å². The van der Waals surface area contributed by atoms with E-state index in [-0.39, 0.29) is 18.9 Å². The molecule has 1 aromatic carbocycles. The largest absolute Gasteiger partial charge is 0.480 e. The van der Waals surface area contributed by atoms with Crippen LogP contribution in [0.5, 0.6) is 0 Å². The minimum absolute atomic E-state index is 0.0827. The number of nitrogens with one attached hydrogen (secondary N) is 3. The fourth-order valence-corrected chi connectivity index (χ4v) is 2.18. The number of hydrogen-bond acceptors (Lipinski definition) is 5. The monoisotopic (exact) mass is 378 g/mol. The van der Waals surface area contributed by atoms with Crippen LogP contribution in [0.2, 0.25) is 0 Å². The van der Waals surface area contributed by atoms with Crippen molar-refractivity contribution in [2.45, 2.75) is 32.4 Å². The van der Waals surface area contributed by atoms with Crippen LogP contribution in [0.15, 0.2) is 30.3 Å². The Kier molecular flexibility index (Phi) is 8.94. The maximum absolute atomic E-state index is 12.2. The first-order valence-electron chi connectivity index (χ1n) is 8.56. The molecule has 9 heteroatoms. The predicted molar refractivity (Wildman–Crippen MR) is 98.5 cm³/mol. The van der Waals surface area contributed by atoms with Crippen LogP contribution < -0.4 is 21.7 Å². The summed E-state index contributed by atoms with van der Waals surface area (Å²) >= 11 is 0. The van der Waals surface area contributed by atoms with Crippen LogP contribution in [0.3, 0.4) is 0 Å². The summed E-state index contributed by atoms with van der Waals surface area (Å²) < 4.78 is 0. The summed E-state index contributed by atoms with van der Waals surface area (Å²) in [6.45, 7) is 2.68. The summed E-state index contributed by atoms with van der Waals surface area (Å²) in [5, 5.41) is 15.9. The van der Waals surface area contributed by atoms with Crippen molar-refractivity contribution < 1.29 is 24.3 Å². The summed E-state index contributed by atoms with van der Waals surface area (Å²) in [6, 6.07) is 7.25. The van der Waals surface area contributed by atoms with Crippen LogP contribution in [0.4, 0.5) is 0 Å². The Morgan fingerprint density at radius 1 is 1.00 bits per heavy atom. The summed E-state index contributed by atoms with van der Waals surface area (Å²) in [4.78, 5) is 46.8. The number of carboxylic acids is 1. The number of aliphatic carboxylic acids is 1. The van der Waals surface area contributed by atoms with E-state index in [0.29, 0.717) is 0 Å². The maximum Gasteiger partial charge on any atom is 0.322 e. The van der Waals surface area contributed by atoms with Crippen molar-refractivity contribution >= 4 is 23.7 Å². The number of carbonyl (C=O) groups excluding carboxylic acids is 3. The lowest BCUT2D eigenvalue weighted by molar-refractivity contribution is -0.138. The Morgan fingerprint density at radius 3 is 2.15 bits per heavy atom. The number of amides is 3. The normalized spacial score (nSPS) is 12.7. The van der Waals surface area contributed by atoms with Crippen LogP contribution in [-0.2, 0) is 25.6 Å². The van der Waals surface area contributed by atoms with E-state index < -0.39 is 42.3 Å². The molecule has 0 saturated carbocycles. The van der Waals surface area contributed by atoms with E-state index in [1.807, 2.05) is 6.07 Å². The van der Waals surface area contributed by atoms with Gasteiger partial charge in [-0.1, -0.05) is 44.2 Å². The highest BCUT2D eigenvalue weighted by Crippen LogP contribution is 2.04. The average molecular weight is 378 g/mol. The van der Waals surface area contributed by atoms with Crippen molar-refractivity contribution in [3.8, 4) is 0 Å². The minimum Gasteiger partial charge on any atom is -0.480 e. The third kappa shape index (κ3) is 8.32. The van der Waals surface area contributed by atoms with Gasteiger partial charge in [-0.05, 0) is 11.5 Å². The average Bonchev–Trinajstić information content (AvgIpc) is 2.63. The second kappa shape index (κ2) is 10.9. The third-order valence-corrected chi connectivity index (χ3v) is 3.79. The molecule has 148 valence electrons. The molecule has 0 bridgehead atoms. The van der Waals surface area contributed by atoms with E-state index >= 15 is 0 Å². The molecule has 3 amide bonds. The van der Waals surface area contributed by atoms with Crippen molar-refractivity contribution in [1.82, 2.24) is 16.0 Å². The van der Waals surface area contributed by atoms with E-state index in [0.717, 1.165) is 5.56 Å². The van der Waals surface area contributed by atoms with Gasteiger partial charge in [-0.2, -0.15) is 0 Å². The molecule has 0 heterocycles. The highest BCUT2D eigenvalue weighted by atomic mass is 16.4. The number of carbonyl (C=O) groups is 4. The van der Waals surface area contributed by atoms with Gasteiger partial charge < -0.3 is 26.8 Å². The van der Waals surface area contributed by atoms with Gasteiger partial charge in [0.2, 0.25) is 17.7 Å². The lowest BCUT2D eigenvalue weighted by Gasteiger charge is -2.19. The smallest absolute Gasteiger partial charge is 0.322 e. The second-order valence-corrected chi connectivity index (χ2v) is 6.41. The first kappa shape index (κ1) is 22.1. The molecule has 0 radical (unpaired) electrons. The molecule has 1 aromatic rings. The van der Waals surface area contributed by atoms with Crippen LogP contribution in [-0.4, -0.2) is 54.0 Å². The Labute approximate surface area is 157 Å². The second-order valence-electron chi connectivity index (χ2n) is 6.41. The van der Waals surface area contributed by atoms with E-state index in [2.05, 4.69) is 16.0 Å². The Hall–Kier alpha value is -2.94. The molecule has 0 fully saturated rings. The number of rotatable bonds is 10. The van der Waals surface area contributed by atoms with E-state index in [4.69, 9.17) is 10.8 Å². The zero-order valence-electron chi connectivity index (χ0n) is 15.4. The maximum atomic E-state index is 12.2. The third-order valence-electron chi connectivity index (χ3n) is 3.79. The molecule has 0 aliphatic carbocycles. The number of benzene rings is 1. The fraction of sp³-hybridized carbons (Fsp3) is 0.444. The van der Waals surface area contributed by atoms with Crippen molar-refractivity contribution in [3.63, 3.8) is 0 Å². The fourth-order valence-electron chi connectivity index (χ4n) is 2.18. The lowest BCUT2D eigenvalue weighted by atomic mass is 10.0. The molecule has 0 saturated heterocycles. The highest BCUT2D eigenvalue weighted by Gasteiger charge is 2.23. The van der Waals surface area contributed by atoms with E-state index in [1.165, 1.54) is 0 Å². The molecule has 0 spiro atoms. The number of hydrogen-bond donors (Lipinski definition) is 5. The molecule has 6 N–H and O–H groups in total. The SMILES string of the molecule is CC(C)C(N)C(=O)NCC(=O)NC(Cc1ccccc1)C(=O)NCC(=O)O. The van der Waals surface area contributed by atoms with Crippen molar-refractivity contribution in [1.29, 1.82) is 0 Å². The van der Waals surface area contributed by atoms with Crippen LogP contribution >= 0.6 is 0 Å². The highest BCUT2D eigenvalue weighted by molar-refractivity contribution is 5.92. The minimum atomic E-state index is -1.19. The van der Waals surface area contributed by atoms with Crippen molar-refractivity contribution in [2.24, 2.45) is 11.7 Å². The summed E-state index contributed by atoms with van der Waals surface area (Å²) in [5.74, 6) is -2.94. The van der Waals surface area contributed by atoms with Crippen LogP contribution in [0, 0.1) is 5.92 Å². The topological polar surface area (TPSA) is 151 Å². The van der Waals surface area contributed by atoms with Gasteiger partial charge in [-0.25, -0.2) is 0 Å². The molecule has 0 aliphatic rings. The molecule has 2 unspecified atom stereocenters. The molecular weight excluding hydrogens is 352 g/mol. The van der Waals surface area contributed by atoms with Gasteiger partial charge in [0.15, 0.2) is 0 Å². The number of carboxylic acid groups (broad SMARTS) is 1. The predicted octanol–water partition coefficient (Wildman–Crippen LogP) is -0.986. The summed E-state index contributed by atoms with van der Waals surface area (Å²) in [7, 11) is 0. The first-order chi connectivity index (χ1) is 12.7. The van der Waals surface area contributed by atoms with Gasteiger partial charge in [-0.3, -0.25) is 19.2 Å². The molecule has 0 aromatic heterocycles. The molecule has 27 heavy (non-hydrogen) atoms. The molecule has 9 nitrogen and oxygen atoms in total. The van der Waals surface area contributed by atoms with Gasteiger partial charge in [0.05, 0.1) is 12.6 Å².